The van der Waals surface area contributed by atoms with E-state index in [0.29, 0.717) is 25.4 Å². The van der Waals surface area contributed by atoms with Crippen LogP contribution in [0.5, 0.6) is 5.75 Å². The summed E-state index contributed by atoms with van der Waals surface area (Å²) in [7, 11) is 1.41. The zero-order valence-electron chi connectivity index (χ0n) is 22.4. The average Bonchev–Trinajstić information content (AvgIpc) is 3.45. The first-order chi connectivity index (χ1) is 18.5. The highest BCUT2D eigenvalue weighted by atomic mass is 32.1. The first-order valence-corrected chi connectivity index (χ1v) is 14.0. The second-order valence-electron chi connectivity index (χ2n) is 9.69. The van der Waals surface area contributed by atoms with Gasteiger partial charge in [0.1, 0.15) is 12.4 Å². The molecule has 0 spiro atoms. The second-order valence-corrected chi connectivity index (χ2v) is 10.5. The van der Waals surface area contributed by atoms with Gasteiger partial charge in [0.2, 0.25) is 0 Å². The molecule has 1 aromatic heterocycles. The summed E-state index contributed by atoms with van der Waals surface area (Å²) in [5.74, 6) is 1.04. The van der Waals surface area contributed by atoms with E-state index in [1.807, 2.05) is 24.3 Å². The zero-order valence-corrected chi connectivity index (χ0v) is 23.2. The number of anilines is 1. The van der Waals surface area contributed by atoms with Crippen LogP contribution in [-0.4, -0.2) is 24.6 Å². The minimum atomic E-state index is -0.194. The normalized spacial score (nSPS) is 10.9. The third-order valence-corrected chi connectivity index (χ3v) is 7.38. The van der Waals surface area contributed by atoms with Crippen LogP contribution in [0.3, 0.4) is 0 Å². The molecule has 0 saturated heterocycles. The third-order valence-electron chi connectivity index (χ3n) is 6.46. The Morgan fingerprint density at radius 3 is 2.18 bits per heavy atom. The van der Waals surface area contributed by atoms with Crippen molar-refractivity contribution in [2.45, 2.75) is 52.2 Å². The van der Waals surface area contributed by atoms with Crippen molar-refractivity contribution in [1.29, 1.82) is 0 Å². The number of hydrogen-bond acceptors (Lipinski definition) is 6. The van der Waals surface area contributed by atoms with E-state index in [9.17, 15) is 4.79 Å². The number of esters is 1. The first-order valence-electron chi connectivity index (χ1n) is 13.1. The molecule has 0 saturated carbocycles. The topological polar surface area (TPSA) is 51.7 Å². The summed E-state index contributed by atoms with van der Waals surface area (Å²) in [6.07, 6.45) is 2.02. The quantitative estimate of drug-likeness (QED) is 0.172. The smallest absolute Gasteiger partial charge is 0.305 e. The van der Waals surface area contributed by atoms with Gasteiger partial charge in [0.15, 0.2) is 5.13 Å². The number of carbonyl (C=O) groups excluding carboxylic acids is 1. The number of carbonyl (C=O) groups is 1. The number of thiazole rings is 1. The van der Waals surface area contributed by atoms with Crippen molar-refractivity contribution in [1.82, 2.24) is 4.98 Å². The average molecular weight is 529 g/mol. The molecule has 0 amide bonds. The molecule has 1 heterocycles. The Labute approximate surface area is 230 Å². The third kappa shape index (κ3) is 8.18. The molecular formula is C32H36N2O3S. The summed E-state index contributed by atoms with van der Waals surface area (Å²) < 4.78 is 10.7. The number of ether oxygens (including phenoxy) is 2. The summed E-state index contributed by atoms with van der Waals surface area (Å²) >= 11 is 1.73. The van der Waals surface area contributed by atoms with E-state index in [0.717, 1.165) is 47.2 Å². The molecule has 4 aromatic rings. The predicted octanol–water partition coefficient (Wildman–Crippen LogP) is 7.20. The molecule has 0 fully saturated rings. The maximum atomic E-state index is 11.3. The lowest BCUT2D eigenvalue weighted by Gasteiger charge is -2.22. The predicted molar refractivity (Wildman–Crippen MR) is 155 cm³/mol. The lowest BCUT2D eigenvalue weighted by Crippen LogP contribution is -2.25. The van der Waals surface area contributed by atoms with Crippen LogP contribution in [0.25, 0.3) is 0 Å². The number of hydrogen-bond donors (Lipinski definition) is 0. The van der Waals surface area contributed by atoms with Crippen LogP contribution in [0.2, 0.25) is 0 Å². The Kier molecular flexibility index (Phi) is 9.93. The summed E-state index contributed by atoms with van der Waals surface area (Å²) in [5, 5.41) is 3.26. The highest BCUT2D eigenvalue weighted by molar-refractivity contribution is 7.13. The number of rotatable bonds is 13. The Bertz CT molecular complexity index is 1270. The van der Waals surface area contributed by atoms with Gasteiger partial charge in [-0.2, -0.15) is 0 Å². The maximum Gasteiger partial charge on any atom is 0.305 e. The molecule has 0 unspecified atom stereocenters. The highest BCUT2D eigenvalue weighted by Gasteiger charge is 2.14. The Hall–Kier alpha value is -3.64. The fourth-order valence-corrected chi connectivity index (χ4v) is 5.08. The van der Waals surface area contributed by atoms with Crippen molar-refractivity contribution >= 4 is 22.4 Å². The van der Waals surface area contributed by atoms with E-state index in [1.54, 1.807) is 11.3 Å². The van der Waals surface area contributed by atoms with Crippen molar-refractivity contribution in [3.63, 3.8) is 0 Å². The number of nitrogens with zero attached hydrogens (tertiary/aromatic N) is 2. The van der Waals surface area contributed by atoms with Gasteiger partial charge < -0.3 is 14.4 Å². The summed E-state index contributed by atoms with van der Waals surface area (Å²) in [4.78, 5) is 18.6. The van der Waals surface area contributed by atoms with Crippen molar-refractivity contribution in [3.05, 3.63) is 112 Å². The number of benzene rings is 3. The SMILES string of the molecule is COC(=O)CCc1ccc(OCc2ccc(CN(CCc3ccccc3)c3nc(C(C)C)cs3)cc2)cc1. The molecular weight excluding hydrogens is 492 g/mol. The van der Waals surface area contributed by atoms with Gasteiger partial charge in [-0.25, -0.2) is 4.98 Å². The van der Waals surface area contributed by atoms with Crippen LogP contribution in [0.1, 0.15) is 54.1 Å². The van der Waals surface area contributed by atoms with Crippen LogP contribution >= 0.6 is 11.3 Å². The summed E-state index contributed by atoms with van der Waals surface area (Å²) in [6, 6.07) is 27.1. The summed E-state index contributed by atoms with van der Waals surface area (Å²) in [5.41, 5.74) is 5.94. The molecule has 198 valence electrons. The van der Waals surface area contributed by atoms with Crippen LogP contribution in [0.4, 0.5) is 5.13 Å². The van der Waals surface area contributed by atoms with Gasteiger partial charge in [-0.15, -0.1) is 11.3 Å². The monoisotopic (exact) mass is 528 g/mol. The largest absolute Gasteiger partial charge is 0.489 e. The first kappa shape index (κ1) is 27.4. The van der Waals surface area contributed by atoms with Crippen molar-refractivity contribution in [3.8, 4) is 5.75 Å². The number of aryl methyl sites for hydroxylation is 1. The fourth-order valence-electron chi connectivity index (χ4n) is 4.07. The van der Waals surface area contributed by atoms with Gasteiger partial charge in [-0.3, -0.25) is 4.79 Å². The van der Waals surface area contributed by atoms with Gasteiger partial charge in [0, 0.05) is 24.9 Å². The zero-order chi connectivity index (χ0) is 26.7. The molecule has 0 aliphatic rings. The van der Waals surface area contributed by atoms with Gasteiger partial charge in [-0.05, 0) is 53.1 Å². The Morgan fingerprint density at radius 2 is 1.53 bits per heavy atom. The molecule has 0 bridgehead atoms. The van der Waals surface area contributed by atoms with Gasteiger partial charge in [0.25, 0.3) is 0 Å². The summed E-state index contributed by atoms with van der Waals surface area (Å²) in [6.45, 7) is 6.60. The van der Waals surface area contributed by atoms with Gasteiger partial charge in [-0.1, -0.05) is 80.6 Å². The lowest BCUT2D eigenvalue weighted by molar-refractivity contribution is -0.140. The molecule has 5 nitrogen and oxygen atoms in total. The Morgan fingerprint density at radius 1 is 0.868 bits per heavy atom. The standard InChI is InChI=1S/C32H36N2O3S/c1-24(2)30-23-38-32(33-30)34(20-19-25-7-5-4-6-8-25)21-27-9-11-28(12-10-27)22-37-29-16-13-26(14-17-29)15-18-31(35)36-3/h4-14,16-17,23-24H,15,18-22H2,1-3H3. The van der Waals surface area contributed by atoms with Gasteiger partial charge in [0.05, 0.1) is 12.8 Å². The van der Waals surface area contributed by atoms with E-state index in [4.69, 9.17) is 14.5 Å². The number of aromatic nitrogens is 1. The van der Waals surface area contributed by atoms with Crippen LogP contribution in [-0.2, 0) is 35.5 Å². The van der Waals surface area contributed by atoms with E-state index < -0.39 is 0 Å². The van der Waals surface area contributed by atoms with Crippen molar-refractivity contribution in [2.24, 2.45) is 0 Å². The molecule has 4 rings (SSSR count). The molecule has 0 N–H and O–H groups in total. The lowest BCUT2D eigenvalue weighted by atomic mass is 10.1. The van der Waals surface area contributed by atoms with Crippen LogP contribution in [0.15, 0.2) is 84.2 Å². The minimum Gasteiger partial charge on any atom is -0.489 e. The fraction of sp³-hybridized carbons (Fsp3) is 0.312. The van der Waals surface area contributed by atoms with Crippen molar-refractivity contribution < 1.29 is 14.3 Å². The molecule has 6 heteroatoms. The van der Waals surface area contributed by atoms with Gasteiger partial charge >= 0.3 is 5.97 Å². The van der Waals surface area contributed by atoms with E-state index >= 15 is 0 Å². The second kappa shape index (κ2) is 13.8. The maximum absolute atomic E-state index is 11.3. The van der Waals surface area contributed by atoms with Crippen LogP contribution in [0, 0.1) is 0 Å². The molecule has 38 heavy (non-hydrogen) atoms. The van der Waals surface area contributed by atoms with Crippen LogP contribution < -0.4 is 9.64 Å². The molecule has 0 aliphatic carbocycles. The van der Waals surface area contributed by atoms with Crippen molar-refractivity contribution in [2.75, 3.05) is 18.6 Å². The molecule has 3 aromatic carbocycles. The molecule has 0 atom stereocenters. The van der Waals surface area contributed by atoms with E-state index in [-0.39, 0.29) is 5.97 Å². The molecule has 0 aliphatic heterocycles. The van der Waals surface area contributed by atoms with E-state index in [1.165, 1.54) is 18.2 Å². The molecule has 0 radical (unpaired) electrons. The highest BCUT2D eigenvalue weighted by Crippen LogP contribution is 2.27. The Balaban J connectivity index is 1.34. The minimum absolute atomic E-state index is 0.194. The van der Waals surface area contributed by atoms with E-state index in [2.05, 4.69) is 78.7 Å². The number of methoxy groups -OCH3 is 1.